The molecule has 0 amide bonds. The zero-order chi connectivity index (χ0) is 10.9. The van der Waals surface area contributed by atoms with Crippen molar-refractivity contribution in [3.8, 4) is 0 Å². The Morgan fingerprint density at radius 2 is 2.13 bits per heavy atom. The van der Waals surface area contributed by atoms with Crippen LogP contribution in [0.5, 0.6) is 0 Å². The smallest absolute Gasteiger partial charge is 0.0538 e. The highest BCUT2D eigenvalue weighted by atomic mass is 16.5. The van der Waals surface area contributed by atoms with E-state index >= 15 is 0 Å². The summed E-state index contributed by atoms with van der Waals surface area (Å²) in [4.78, 5) is 2.64. The third kappa shape index (κ3) is 3.18. The Hall–Kier alpha value is -0.0800. The van der Waals surface area contributed by atoms with Gasteiger partial charge in [0.15, 0.2) is 0 Å². The van der Waals surface area contributed by atoms with Crippen molar-refractivity contribution in [3.05, 3.63) is 0 Å². The first kappa shape index (κ1) is 11.4. The highest BCUT2D eigenvalue weighted by Crippen LogP contribution is 2.47. The zero-order valence-corrected chi connectivity index (χ0v) is 10.5. The predicted octanol–water partition coefficient (Wildman–Crippen LogP) is 2.53. The molecule has 0 spiro atoms. The molecule has 1 heterocycles. The van der Waals surface area contributed by atoms with E-state index in [2.05, 4.69) is 25.7 Å². The predicted molar refractivity (Wildman–Crippen MR) is 63.0 cm³/mol. The van der Waals surface area contributed by atoms with Crippen molar-refractivity contribution in [2.24, 2.45) is 11.3 Å². The second kappa shape index (κ2) is 4.42. The van der Waals surface area contributed by atoms with Crippen molar-refractivity contribution >= 4 is 0 Å². The first-order valence-electron chi connectivity index (χ1n) is 6.44. The molecule has 0 unspecified atom stereocenters. The third-order valence-corrected chi connectivity index (χ3v) is 3.75. The molecule has 0 radical (unpaired) electrons. The van der Waals surface area contributed by atoms with Gasteiger partial charge >= 0.3 is 0 Å². The molecule has 1 saturated heterocycles. The maximum absolute atomic E-state index is 5.78. The molecule has 88 valence electrons. The Kier molecular flexibility index (Phi) is 3.36. The van der Waals surface area contributed by atoms with Crippen molar-refractivity contribution in [3.63, 3.8) is 0 Å². The van der Waals surface area contributed by atoms with Crippen molar-refractivity contribution in [2.45, 2.75) is 46.1 Å². The second-order valence-corrected chi connectivity index (χ2v) is 5.99. The van der Waals surface area contributed by atoms with Crippen LogP contribution in [-0.2, 0) is 4.74 Å². The molecular formula is C13H25NO. The quantitative estimate of drug-likeness (QED) is 0.693. The SMILES string of the molecule is CC(C)OCC1(CN2CC[C@@H](C)C2)CC1. The summed E-state index contributed by atoms with van der Waals surface area (Å²) in [6, 6.07) is 0. The van der Waals surface area contributed by atoms with Crippen LogP contribution in [0.2, 0.25) is 0 Å². The van der Waals surface area contributed by atoms with E-state index in [1.165, 1.54) is 38.9 Å². The fourth-order valence-corrected chi connectivity index (χ4v) is 2.51. The molecule has 2 nitrogen and oxygen atoms in total. The summed E-state index contributed by atoms with van der Waals surface area (Å²) in [6.07, 6.45) is 4.54. The van der Waals surface area contributed by atoms with Crippen molar-refractivity contribution in [2.75, 3.05) is 26.2 Å². The summed E-state index contributed by atoms with van der Waals surface area (Å²) in [6.45, 7) is 11.5. The van der Waals surface area contributed by atoms with E-state index in [1.807, 2.05) is 0 Å². The summed E-state index contributed by atoms with van der Waals surface area (Å²) >= 11 is 0. The Bertz CT molecular complexity index is 211. The summed E-state index contributed by atoms with van der Waals surface area (Å²) < 4.78 is 5.78. The van der Waals surface area contributed by atoms with Gasteiger partial charge in [0.1, 0.15) is 0 Å². The molecule has 0 aromatic heterocycles. The van der Waals surface area contributed by atoms with Crippen LogP contribution < -0.4 is 0 Å². The minimum Gasteiger partial charge on any atom is -0.378 e. The highest BCUT2D eigenvalue weighted by molar-refractivity contribution is 4.96. The van der Waals surface area contributed by atoms with Crippen LogP contribution >= 0.6 is 0 Å². The average Bonchev–Trinajstić information content (AvgIpc) is 2.81. The van der Waals surface area contributed by atoms with Crippen LogP contribution in [0, 0.1) is 11.3 Å². The van der Waals surface area contributed by atoms with Gasteiger partial charge < -0.3 is 9.64 Å². The first-order chi connectivity index (χ1) is 7.10. The van der Waals surface area contributed by atoms with E-state index in [0.29, 0.717) is 11.5 Å². The largest absolute Gasteiger partial charge is 0.378 e. The number of ether oxygens (including phenoxy) is 1. The fraction of sp³-hybridized carbons (Fsp3) is 1.00. The summed E-state index contributed by atoms with van der Waals surface area (Å²) in [7, 11) is 0. The van der Waals surface area contributed by atoms with Crippen molar-refractivity contribution in [1.82, 2.24) is 4.90 Å². The van der Waals surface area contributed by atoms with Crippen LogP contribution in [0.25, 0.3) is 0 Å². The number of rotatable bonds is 5. The average molecular weight is 211 g/mol. The molecule has 1 saturated carbocycles. The van der Waals surface area contributed by atoms with E-state index in [-0.39, 0.29) is 0 Å². The van der Waals surface area contributed by atoms with Gasteiger partial charge in [-0.25, -0.2) is 0 Å². The molecule has 2 heteroatoms. The lowest BCUT2D eigenvalue weighted by Crippen LogP contribution is -2.31. The number of nitrogens with zero attached hydrogens (tertiary/aromatic N) is 1. The van der Waals surface area contributed by atoms with Crippen LogP contribution in [0.15, 0.2) is 0 Å². The maximum Gasteiger partial charge on any atom is 0.0538 e. The summed E-state index contributed by atoms with van der Waals surface area (Å²) in [5, 5.41) is 0. The molecule has 2 aliphatic rings. The van der Waals surface area contributed by atoms with Gasteiger partial charge in [0.05, 0.1) is 12.7 Å². The molecule has 2 rings (SSSR count). The normalized spacial score (nSPS) is 30.0. The van der Waals surface area contributed by atoms with Gasteiger partial charge in [-0.1, -0.05) is 6.92 Å². The van der Waals surface area contributed by atoms with Crippen LogP contribution in [-0.4, -0.2) is 37.2 Å². The minimum atomic E-state index is 0.389. The maximum atomic E-state index is 5.78. The lowest BCUT2D eigenvalue weighted by molar-refractivity contribution is 0.0332. The van der Waals surface area contributed by atoms with E-state index < -0.39 is 0 Å². The molecule has 1 aliphatic carbocycles. The Morgan fingerprint density at radius 1 is 1.40 bits per heavy atom. The molecule has 0 N–H and O–H groups in total. The first-order valence-corrected chi connectivity index (χ1v) is 6.44. The van der Waals surface area contributed by atoms with E-state index in [9.17, 15) is 0 Å². The van der Waals surface area contributed by atoms with Gasteiger partial charge in [-0.2, -0.15) is 0 Å². The lowest BCUT2D eigenvalue weighted by atomic mass is 10.1. The number of likely N-dealkylation sites (tertiary alicyclic amines) is 1. The highest BCUT2D eigenvalue weighted by Gasteiger charge is 2.44. The Balaban J connectivity index is 1.73. The van der Waals surface area contributed by atoms with Gasteiger partial charge in [-0.15, -0.1) is 0 Å². The van der Waals surface area contributed by atoms with E-state index in [4.69, 9.17) is 4.74 Å². The standard InChI is InChI=1S/C13H25NO/c1-11(2)15-10-13(5-6-13)9-14-7-4-12(3)8-14/h11-12H,4-10H2,1-3H3/t12-/m1/s1. The minimum absolute atomic E-state index is 0.389. The van der Waals surface area contributed by atoms with Gasteiger partial charge in [0, 0.05) is 18.5 Å². The van der Waals surface area contributed by atoms with Crippen LogP contribution in [0.3, 0.4) is 0 Å². The molecule has 0 aromatic rings. The van der Waals surface area contributed by atoms with Crippen LogP contribution in [0.4, 0.5) is 0 Å². The lowest BCUT2D eigenvalue weighted by Gasteiger charge is -2.24. The van der Waals surface area contributed by atoms with Gasteiger partial charge in [0.2, 0.25) is 0 Å². The third-order valence-electron chi connectivity index (χ3n) is 3.75. The van der Waals surface area contributed by atoms with Crippen molar-refractivity contribution < 1.29 is 4.74 Å². The van der Waals surface area contributed by atoms with Crippen LogP contribution in [0.1, 0.15) is 40.0 Å². The molecule has 1 atom stereocenters. The van der Waals surface area contributed by atoms with E-state index in [1.54, 1.807) is 0 Å². The second-order valence-electron chi connectivity index (χ2n) is 5.99. The molecule has 2 fully saturated rings. The number of hydrogen-bond acceptors (Lipinski definition) is 2. The number of hydrogen-bond donors (Lipinski definition) is 0. The molecule has 0 bridgehead atoms. The molecule has 15 heavy (non-hydrogen) atoms. The Morgan fingerprint density at radius 3 is 2.60 bits per heavy atom. The zero-order valence-electron chi connectivity index (χ0n) is 10.5. The van der Waals surface area contributed by atoms with Gasteiger partial charge in [-0.3, -0.25) is 0 Å². The van der Waals surface area contributed by atoms with Crippen molar-refractivity contribution in [1.29, 1.82) is 0 Å². The summed E-state index contributed by atoms with van der Waals surface area (Å²) in [5.41, 5.74) is 0.536. The van der Waals surface area contributed by atoms with Gasteiger partial charge in [0.25, 0.3) is 0 Å². The topological polar surface area (TPSA) is 12.5 Å². The molecule has 1 aliphatic heterocycles. The summed E-state index contributed by atoms with van der Waals surface area (Å²) in [5.74, 6) is 0.909. The van der Waals surface area contributed by atoms with E-state index in [0.717, 1.165) is 12.5 Å². The Labute approximate surface area is 94.0 Å². The molecule has 0 aromatic carbocycles. The fourth-order valence-electron chi connectivity index (χ4n) is 2.51. The monoisotopic (exact) mass is 211 g/mol. The van der Waals surface area contributed by atoms with Gasteiger partial charge in [-0.05, 0) is 45.6 Å². The molecular weight excluding hydrogens is 186 g/mol.